The van der Waals surface area contributed by atoms with Crippen molar-refractivity contribution in [2.75, 3.05) is 13.2 Å². The Morgan fingerprint density at radius 1 is 0.733 bits per heavy atom. The van der Waals surface area contributed by atoms with Crippen LogP contribution >= 0.6 is 0 Å². The lowest BCUT2D eigenvalue weighted by Crippen LogP contribution is -2.30. The van der Waals surface area contributed by atoms with Crippen molar-refractivity contribution in [1.29, 1.82) is 0 Å². The molecule has 0 N–H and O–H groups in total. The Bertz CT molecular complexity index is 446. The monoisotopic (exact) mass is 424 g/mol. The Morgan fingerprint density at radius 2 is 1.20 bits per heavy atom. The van der Waals surface area contributed by atoms with Gasteiger partial charge < -0.3 is 9.47 Å². The molecule has 0 spiro atoms. The van der Waals surface area contributed by atoms with Gasteiger partial charge in [0.15, 0.2) is 0 Å². The molecule has 2 atom stereocenters. The highest BCUT2D eigenvalue weighted by Gasteiger charge is 2.32. The number of unbranched alkanes of at least 4 members (excludes halogenated alkanes) is 9. The molecule has 1 fully saturated rings. The highest BCUT2D eigenvalue weighted by atomic mass is 16.5. The van der Waals surface area contributed by atoms with E-state index in [9.17, 15) is 9.59 Å². The quantitative estimate of drug-likeness (QED) is 0.182. The molecule has 1 aliphatic carbocycles. The Hall–Kier alpha value is -1.06. The van der Waals surface area contributed by atoms with Crippen LogP contribution in [0.25, 0.3) is 0 Å². The maximum atomic E-state index is 12.4. The van der Waals surface area contributed by atoms with Crippen LogP contribution in [0, 0.1) is 17.8 Å². The minimum absolute atomic E-state index is 0.108. The number of ether oxygens (including phenoxy) is 2. The molecule has 4 heteroatoms. The van der Waals surface area contributed by atoms with Gasteiger partial charge >= 0.3 is 11.9 Å². The highest BCUT2D eigenvalue weighted by Crippen LogP contribution is 2.31. The van der Waals surface area contributed by atoms with Gasteiger partial charge in [-0.05, 0) is 38.0 Å². The maximum absolute atomic E-state index is 12.4. The molecule has 0 bridgehead atoms. The number of hydrogen-bond acceptors (Lipinski definition) is 4. The lowest BCUT2D eigenvalue weighted by Gasteiger charge is -2.26. The Labute approximate surface area is 185 Å². The summed E-state index contributed by atoms with van der Waals surface area (Å²) in [7, 11) is 0. The van der Waals surface area contributed by atoms with Gasteiger partial charge in [0.1, 0.15) is 0 Å². The molecule has 30 heavy (non-hydrogen) atoms. The number of hydrogen-bond donors (Lipinski definition) is 0. The molecule has 0 aliphatic heterocycles. The highest BCUT2D eigenvalue weighted by molar-refractivity contribution is 5.76. The van der Waals surface area contributed by atoms with Gasteiger partial charge in [0.25, 0.3) is 0 Å². The first kappa shape index (κ1) is 27.0. The third-order valence-corrected chi connectivity index (χ3v) is 6.25. The predicted molar refractivity (Wildman–Crippen MR) is 123 cm³/mol. The molecule has 1 saturated carbocycles. The van der Waals surface area contributed by atoms with Crippen LogP contribution in [0.2, 0.25) is 0 Å². The maximum Gasteiger partial charge on any atom is 0.308 e. The zero-order valence-corrected chi connectivity index (χ0v) is 20.1. The summed E-state index contributed by atoms with van der Waals surface area (Å²) in [5, 5.41) is 0. The third-order valence-electron chi connectivity index (χ3n) is 6.25. The smallest absolute Gasteiger partial charge is 0.308 e. The molecule has 0 saturated heterocycles. The van der Waals surface area contributed by atoms with Gasteiger partial charge in [-0.1, -0.05) is 91.4 Å². The van der Waals surface area contributed by atoms with Crippen LogP contribution in [-0.4, -0.2) is 25.2 Å². The minimum Gasteiger partial charge on any atom is -0.465 e. The number of carbonyl (C=O) groups is 2. The van der Waals surface area contributed by atoms with E-state index in [-0.39, 0.29) is 23.8 Å². The van der Waals surface area contributed by atoms with E-state index in [0.717, 1.165) is 50.9 Å². The lowest BCUT2D eigenvalue weighted by atomic mass is 9.81. The van der Waals surface area contributed by atoms with Gasteiger partial charge in [-0.15, -0.1) is 0 Å². The van der Waals surface area contributed by atoms with Crippen molar-refractivity contribution >= 4 is 11.9 Å². The van der Waals surface area contributed by atoms with E-state index < -0.39 is 0 Å². The topological polar surface area (TPSA) is 52.6 Å². The summed E-state index contributed by atoms with van der Waals surface area (Å²) in [5.74, 6) is 0.317. The first-order valence-corrected chi connectivity index (χ1v) is 12.9. The standard InChI is InChI=1S/C26H48O4/c1-4-5-6-7-10-13-19-29-25(27)23-17-15-18-24(21-23)26(28)30-20-14-11-8-9-12-16-22(2)3/h22-24H,4-21H2,1-3H3. The molecule has 0 aromatic rings. The van der Waals surface area contributed by atoms with Crippen LogP contribution in [0.4, 0.5) is 0 Å². The summed E-state index contributed by atoms with van der Waals surface area (Å²) in [6, 6.07) is 0. The summed E-state index contributed by atoms with van der Waals surface area (Å²) >= 11 is 0. The first-order chi connectivity index (χ1) is 14.5. The molecular weight excluding hydrogens is 376 g/mol. The summed E-state index contributed by atoms with van der Waals surface area (Å²) in [4.78, 5) is 24.7. The van der Waals surface area contributed by atoms with Crippen molar-refractivity contribution in [3.05, 3.63) is 0 Å². The van der Waals surface area contributed by atoms with Crippen molar-refractivity contribution < 1.29 is 19.1 Å². The van der Waals surface area contributed by atoms with Crippen molar-refractivity contribution in [1.82, 2.24) is 0 Å². The van der Waals surface area contributed by atoms with E-state index >= 15 is 0 Å². The SMILES string of the molecule is CCCCCCCCOC(=O)C1CCCC(C(=O)OCCCCCCCC(C)C)C1. The molecule has 0 aromatic heterocycles. The number of esters is 2. The van der Waals surface area contributed by atoms with Crippen molar-refractivity contribution in [3.8, 4) is 0 Å². The second-order valence-corrected chi connectivity index (χ2v) is 9.61. The zero-order valence-electron chi connectivity index (χ0n) is 20.1. The second kappa shape index (κ2) is 17.6. The van der Waals surface area contributed by atoms with E-state index in [4.69, 9.17) is 9.47 Å². The largest absolute Gasteiger partial charge is 0.465 e. The molecule has 2 unspecified atom stereocenters. The summed E-state index contributed by atoms with van der Waals surface area (Å²) < 4.78 is 11.0. The second-order valence-electron chi connectivity index (χ2n) is 9.61. The van der Waals surface area contributed by atoms with E-state index in [0.29, 0.717) is 19.6 Å². The number of rotatable bonds is 17. The average molecular weight is 425 g/mol. The van der Waals surface area contributed by atoms with E-state index in [1.807, 2.05) is 0 Å². The summed E-state index contributed by atoms with van der Waals surface area (Å²) in [6.07, 6.45) is 17.5. The van der Waals surface area contributed by atoms with Crippen molar-refractivity contribution in [2.24, 2.45) is 17.8 Å². The Balaban J connectivity index is 2.10. The zero-order chi connectivity index (χ0) is 22.0. The fraction of sp³-hybridized carbons (Fsp3) is 0.923. The molecule has 1 rings (SSSR count). The molecule has 4 nitrogen and oxygen atoms in total. The molecule has 1 aliphatic rings. The third kappa shape index (κ3) is 13.3. The lowest BCUT2D eigenvalue weighted by molar-refractivity contribution is -0.155. The number of carbonyl (C=O) groups excluding carboxylic acids is 2. The fourth-order valence-electron chi connectivity index (χ4n) is 4.27. The van der Waals surface area contributed by atoms with Gasteiger partial charge in [-0.3, -0.25) is 9.59 Å². The molecule has 0 radical (unpaired) electrons. The average Bonchev–Trinajstić information content (AvgIpc) is 2.74. The van der Waals surface area contributed by atoms with Crippen LogP contribution in [0.1, 0.15) is 124 Å². The first-order valence-electron chi connectivity index (χ1n) is 12.9. The fourth-order valence-corrected chi connectivity index (χ4v) is 4.27. The summed E-state index contributed by atoms with van der Waals surface area (Å²) in [6.45, 7) is 7.79. The van der Waals surface area contributed by atoms with Crippen LogP contribution in [0.3, 0.4) is 0 Å². The van der Waals surface area contributed by atoms with E-state index in [2.05, 4.69) is 20.8 Å². The molecule has 0 heterocycles. The van der Waals surface area contributed by atoms with Crippen LogP contribution in [0.5, 0.6) is 0 Å². The van der Waals surface area contributed by atoms with E-state index in [1.54, 1.807) is 0 Å². The normalized spacial score (nSPS) is 19.1. The van der Waals surface area contributed by atoms with Gasteiger partial charge in [0, 0.05) is 0 Å². The van der Waals surface area contributed by atoms with Gasteiger partial charge in [-0.25, -0.2) is 0 Å². The molecule has 176 valence electrons. The van der Waals surface area contributed by atoms with Crippen LogP contribution in [-0.2, 0) is 19.1 Å². The summed E-state index contributed by atoms with van der Waals surface area (Å²) in [5.41, 5.74) is 0. The molecule has 0 aromatic carbocycles. The van der Waals surface area contributed by atoms with Crippen LogP contribution < -0.4 is 0 Å². The molecular formula is C26H48O4. The van der Waals surface area contributed by atoms with Crippen LogP contribution in [0.15, 0.2) is 0 Å². The van der Waals surface area contributed by atoms with Crippen molar-refractivity contribution in [3.63, 3.8) is 0 Å². The van der Waals surface area contributed by atoms with Gasteiger partial charge in [0.2, 0.25) is 0 Å². The van der Waals surface area contributed by atoms with E-state index in [1.165, 1.54) is 51.4 Å². The van der Waals surface area contributed by atoms with Crippen molar-refractivity contribution in [2.45, 2.75) is 124 Å². The van der Waals surface area contributed by atoms with Gasteiger partial charge in [0.05, 0.1) is 25.0 Å². The van der Waals surface area contributed by atoms with Gasteiger partial charge in [-0.2, -0.15) is 0 Å². The predicted octanol–water partition coefficient (Wildman–Crippen LogP) is 7.24. The molecule has 0 amide bonds. The Morgan fingerprint density at radius 3 is 1.70 bits per heavy atom. The Kier molecular flexibility index (Phi) is 15.8. The minimum atomic E-state index is -0.128.